The molecular formula is C20H31NO8. The van der Waals surface area contributed by atoms with E-state index in [1.807, 2.05) is 0 Å². The van der Waals surface area contributed by atoms with Gasteiger partial charge in [0.15, 0.2) is 12.1 Å². The van der Waals surface area contributed by atoms with E-state index >= 15 is 0 Å². The zero-order chi connectivity index (χ0) is 22.2. The van der Waals surface area contributed by atoms with Crippen molar-refractivity contribution in [3.8, 4) is 0 Å². The van der Waals surface area contributed by atoms with Gasteiger partial charge in [-0.1, -0.05) is 5.57 Å². The molecule has 0 amide bonds. The largest absolute Gasteiger partial charge is 0.632 e. The Labute approximate surface area is 170 Å². The number of esters is 2. The monoisotopic (exact) mass is 413 g/mol. The number of aliphatic hydroxyl groups excluding tert-OH is 1. The first kappa shape index (κ1) is 23.5. The van der Waals surface area contributed by atoms with Crippen LogP contribution >= 0.6 is 0 Å². The molecule has 0 aromatic heterocycles. The molecule has 0 aliphatic carbocycles. The zero-order valence-electron chi connectivity index (χ0n) is 17.5. The smallest absolute Gasteiger partial charge is 0.344 e. The van der Waals surface area contributed by atoms with Crippen molar-refractivity contribution in [3.63, 3.8) is 0 Å². The van der Waals surface area contributed by atoms with Crippen molar-refractivity contribution in [2.24, 2.45) is 0 Å². The second kappa shape index (κ2) is 8.16. The Morgan fingerprint density at radius 2 is 2.00 bits per heavy atom. The van der Waals surface area contributed by atoms with Crippen molar-refractivity contribution in [1.29, 1.82) is 0 Å². The van der Waals surface area contributed by atoms with E-state index in [2.05, 4.69) is 0 Å². The van der Waals surface area contributed by atoms with Gasteiger partial charge in [0.05, 0.1) is 19.2 Å². The highest BCUT2D eigenvalue weighted by Crippen LogP contribution is 2.38. The fraction of sp³-hybridized carbons (Fsp3) is 0.700. The molecule has 0 aromatic rings. The summed E-state index contributed by atoms with van der Waals surface area (Å²) in [6.07, 6.45) is 1.15. The van der Waals surface area contributed by atoms with Crippen LogP contribution in [0.15, 0.2) is 23.3 Å². The van der Waals surface area contributed by atoms with E-state index in [4.69, 9.17) is 9.47 Å². The van der Waals surface area contributed by atoms with Gasteiger partial charge in [0.1, 0.15) is 12.2 Å². The lowest BCUT2D eigenvalue weighted by Crippen LogP contribution is -2.63. The van der Waals surface area contributed by atoms with Crippen molar-refractivity contribution in [2.45, 2.75) is 70.5 Å². The lowest BCUT2D eigenvalue weighted by Gasteiger charge is -2.41. The van der Waals surface area contributed by atoms with Crippen LogP contribution in [0.4, 0.5) is 0 Å². The fourth-order valence-corrected chi connectivity index (χ4v) is 3.96. The van der Waals surface area contributed by atoms with Crippen molar-refractivity contribution in [2.75, 3.05) is 19.7 Å². The Bertz CT molecular complexity index is 718. The summed E-state index contributed by atoms with van der Waals surface area (Å²) in [5.41, 5.74) is -3.24. The van der Waals surface area contributed by atoms with E-state index in [9.17, 15) is 30.1 Å². The summed E-state index contributed by atoms with van der Waals surface area (Å²) < 4.78 is 10.0. The highest BCUT2D eigenvalue weighted by molar-refractivity contribution is 5.83. The lowest BCUT2D eigenvalue weighted by molar-refractivity contribution is -0.877. The minimum Gasteiger partial charge on any atom is -0.632 e. The molecule has 3 N–H and O–H groups in total. The van der Waals surface area contributed by atoms with Gasteiger partial charge < -0.3 is 34.6 Å². The number of rotatable bonds is 7. The zero-order valence-corrected chi connectivity index (χ0v) is 17.5. The van der Waals surface area contributed by atoms with Crippen LogP contribution in [-0.2, 0) is 19.1 Å². The SMILES string of the molecule is CC(C)=CC(=O)O[C@@H]1CC[N+]2([O-])CC=C(COC(=O)[C@@](O)([C@@H](C)O)C(C)(C)O)[C@H]12. The van der Waals surface area contributed by atoms with E-state index in [0.29, 0.717) is 12.0 Å². The number of nitrogens with zero attached hydrogens (tertiary/aromatic N) is 1. The average molecular weight is 413 g/mol. The van der Waals surface area contributed by atoms with Gasteiger partial charge in [0.2, 0.25) is 5.60 Å². The van der Waals surface area contributed by atoms with Crippen LogP contribution in [0.2, 0.25) is 0 Å². The molecule has 164 valence electrons. The van der Waals surface area contributed by atoms with Crippen LogP contribution in [0.5, 0.6) is 0 Å². The quantitative estimate of drug-likeness (QED) is 0.178. The summed E-state index contributed by atoms with van der Waals surface area (Å²) in [6.45, 7) is 7.19. The predicted octanol–water partition coefficient (Wildman–Crippen LogP) is 0.317. The molecule has 1 unspecified atom stereocenters. The minimum absolute atomic E-state index is 0.167. The Morgan fingerprint density at radius 1 is 1.38 bits per heavy atom. The topological polar surface area (TPSA) is 136 Å². The fourth-order valence-electron chi connectivity index (χ4n) is 3.96. The average Bonchev–Trinajstić information content (AvgIpc) is 3.06. The maximum atomic E-state index is 13.0. The Kier molecular flexibility index (Phi) is 6.61. The third-order valence-electron chi connectivity index (χ3n) is 5.59. The molecule has 5 atom stereocenters. The van der Waals surface area contributed by atoms with E-state index in [1.165, 1.54) is 26.8 Å². The molecule has 2 aliphatic heterocycles. The van der Waals surface area contributed by atoms with Crippen LogP contribution in [-0.4, -0.2) is 81.1 Å². The summed E-state index contributed by atoms with van der Waals surface area (Å²) in [5.74, 6) is -1.73. The maximum absolute atomic E-state index is 13.0. The molecule has 9 nitrogen and oxygen atoms in total. The first-order chi connectivity index (χ1) is 13.2. The standard InChI is InChI=1S/C20H31NO8/c1-12(2)10-16(23)29-15-7-9-21(27)8-6-14(17(15)21)11-28-18(24)20(26,13(3)22)19(4,5)25/h6,10,13,15,17,22,25-26H,7-9,11H2,1-5H3/t13-,15-,17-,20+,21?/m1/s1. The number of fused-ring (bicyclic) bond motifs is 1. The maximum Gasteiger partial charge on any atom is 0.344 e. The Hall–Kier alpha value is -1.78. The number of hydrogen-bond donors (Lipinski definition) is 3. The van der Waals surface area contributed by atoms with E-state index in [1.54, 1.807) is 19.9 Å². The summed E-state index contributed by atoms with van der Waals surface area (Å²) in [5, 5.41) is 43.5. The second-order valence-corrected chi connectivity index (χ2v) is 8.65. The molecule has 29 heavy (non-hydrogen) atoms. The minimum atomic E-state index is -2.54. The molecule has 2 aliphatic rings. The second-order valence-electron chi connectivity index (χ2n) is 8.65. The summed E-state index contributed by atoms with van der Waals surface area (Å²) >= 11 is 0. The molecule has 0 spiro atoms. The molecule has 0 aromatic carbocycles. The third kappa shape index (κ3) is 4.54. The first-order valence-electron chi connectivity index (χ1n) is 9.64. The molecule has 9 heteroatoms. The summed E-state index contributed by atoms with van der Waals surface area (Å²) in [4.78, 5) is 24.5. The molecular weight excluding hydrogens is 382 g/mol. The summed E-state index contributed by atoms with van der Waals surface area (Å²) in [7, 11) is 0. The summed E-state index contributed by atoms with van der Waals surface area (Å²) in [6, 6.07) is -0.695. The predicted molar refractivity (Wildman–Crippen MR) is 103 cm³/mol. The van der Waals surface area contributed by atoms with Crippen LogP contribution in [0.25, 0.3) is 0 Å². The number of hydroxylamine groups is 3. The van der Waals surface area contributed by atoms with E-state index in [-0.39, 0.29) is 19.7 Å². The lowest BCUT2D eigenvalue weighted by atomic mass is 9.81. The Morgan fingerprint density at radius 3 is 2.52 bits per heavy atom. The number of carbonyl (C=O) groups is 2. The van der Waals surface area contributed by atoms with Gasteiger partial charge in [0, 0.05) is 18.1 Å². The van der Waals surface area contributed by atoms with Crippen molar-refractivity contribution < 1.29 is 39.0 Å². The van der Waals surface area contributed by atoms with E-state index < -0.39 is 46.0 Å². The third-order valence-corrected chi connectivity index (χ3v) is 5.59. The van der Waals surface area contributed by atoms with Gasteiger partial charge in [0.25, 0.3) is 0 Å². The number of quaternary nitrogens is 1. The molecule has 1 fully saturated rings. The van der Waals surface area contributed by atoms with Crippen molar-refractivity contribution in [1.82, 2.24) is 0 Å². The van der Waals surface area contributed by atoms with Gasteiger partial charge in [-0.15, -0.1) is 0 Å². The van der Waals surface area contributed by atoms with Gasteiger partial charge in [-0.2, -0.15) is 0 Å². The number of carbonyl (C=O) groups excluding carboxylic acids is 2. The van der Waals surface area contributed by atoms with Crippen LogP contribution in [0, 0.1) is 5.21 Å². The number of allylic oxidation sites excluding steroid dienone is 1. The van der Waals surface area contributed by atoms with Crippen LogP contribution in [0.3, 0.4) is 0 Å². The molecule has 1 saturated heterocycles. The Balaban J connectivity index is 2.12. The molecule has 2 rings (SSSR count). The molecule has 0 saturated carbocycles. The van der Waals surface area contributed by atoms with Crippen molar-refractivity contribution >= 4 is 11.9 Å². The van der Waals surface area contributed by atoms with Gasteiger partial charge >= 0.3 is 11.9 Å². The van der Waals surface area contributed by atoms with Crippen LogP contribution in [0.1, 0.15) is 41.0 Å². The van der Waals surface area contributed by atoms with Gasteiger partial charge in [-0.05, 0) is 40.7 Å². The van der Waals surface area contributed by atoms with Gasteiger partial charge in [-0.3, -0.25) is 0 Å². The van der Waals surface area contributed by atoms with Crippen LogP contribution < -0.4 is 0 Å². The highest BCUT2D eigenvalue weighted by atomic mass is 16.6. The van der Waals surface area contributed by atoms with E-state index in [0.717, 1.165) is 5.57 Å². The highest BCUT2D eigenvalue weighted by Gasteiger charge is 2.55. The number of aliphatic hydroxyl groups is 3. The number of ether oxygens (including phenoxy) is 2. The first-order valence-corrected chi connectivity index (χ1v) is 9.64. The molecule has 2 heterocycles. The number of hydrogen-bond acceptors (Lipinski definition) is 8. The molecule has 0 radical (unpaired) electrons. The molecule has 0 bridgehead atoms. The van der Waals surface area contributed by atoms with Crippen molar-refractivity contribution in [3.05, 3.63) is 28.5 Å². The normalized spacial score (nSPS) is 29.3. The van der Waals surface area contributed by atoms with Gasteiger partial charge in [-0.25, -0.2) is 9.59 Å².